The van der Waals surface area contributed by atoms with E-state index in [0.717, 1.165) is 18.4 Å². The molecular formula is C13H19N3O. The summed E-state index contributed by atoms with van der Waals surface area (Å²) < 4.78 is 0. The minimum absolute atomic E-state index is 0.0952. The molecule has 1 amide bonds. The number of hydrogen-bond acceptors (Lipinski definition) is 3. The quantitative estimate of drug-likeness (QED) is 0.825. The third kappa shape index (κ3) is 2.82. The molecule has 1 aliphatic rings. The van der Waals surface area contributed by atoms with Gasteiger partial charge in [0, 0.05) is 18.8 Å². The van der Waals surface area contributed by atoms with Gasteiger partial charge in [0.2, 0.25) is 0 Å². The molecule has 1 saturated carbocycles. The average molecular weight is 233 g/mol. The van der Waals surface area contributed by atoms with Gasteiger partial charge in [-0.3, -0.25) is 9.78 Å². The summed E-state index contributed by atoms with van der Waals surface area (Å²) in [5.41, 5.74) is 7.38. The van der Waals surface area contributed by atoms with E-state index in [2.05, 4.69) is 10.3 Å². The Morgan fingerprint density at radius 2 is 2.41 bits per heavy atom. The fourth-order valence-corrected chi connectivity index (χ4v) is 2.35. The van der Waals surface area contributed by atoms with Crippen LogP contribution in [0.4, 0.5) is 0 Å². The second kappa shape index (κ2) is 5.27. The highest BCUT2D eigenvalue weighted by atomic mass is 16.1. The minimum Gasteiger partial charge on any atom is -0.350 e. The van der Waals surface area contributed by atoms with Gasteiger partial charge >= 0.3 is 0 Å². The molecule has 1 aliphatic carbocycles. The molecule has 1 fully saturated rings. The van der Waals surface area contributed by atoms with Crippen LogP contribution in [0.1, 0.15) is 35.3 Å². The predicted octanol–water partition coefficient (Wildman–Crippen LogP) is 1.25. The van der Waals surface area contributed by atoms with Crippen LogP contribution in [0.3, 0.4) is 0 Å². The molecule has 1 heterocycles. The molecule has 2 rings (SSSR count). The molecule has 4 nitrogen and oxygen atoms in total. The Kier molecular flexibility index (Phi) is 3.74. The first-order valence-corrected chi connectivity index (χ1v) is 6.14. The molecule has 17 heavy (non-hydrogen) atoms. The lowest BCUT2D eigenvalue weighted by Crippen LogP contribution is -2.36. The van der Waals surface area contributed by atoms with Crippen LogP contribution in [0.5, 0.6) is 0 Å². The standard InChI is InChI=1S/C13H19N3O/c1-9-4-3-7-15-12(9)13(17)16-8-10-5-2-6-11(10)14/h3-4,7,10-11H,2,5-6,8,14H2,1H3,(H,16,17). The number of amides is 1. The van der Waals surface area contributed by atoms with Gasteiger partial charge < -0.3 is 11.1 Å². The number of nitrogens with two attached hydrogens (primary N) is 1. The van der Waals surface area contributed by atoms with Gasteiger partial charge in [-0.2, -0.15) is 0 Å². The maximum Gasteiger partial charge on any atom is 0.270 e. The first-order chi connectivity index (χ1) is 8.18. The predicted molar refractivity (Wildman–Crippen MR) is 66.6 cm³/mol. The second-order valence-electron chi connectivity index (χ2n) is 4.73. The summed E-state index contributed by atoms with van der Waals surface area (Å²) in [6, 6.07) is 3.96. The number of nitrogens with zero attached hydrogens (tertiary/aromatic N) is 1. The zero-order chi connectivity index (χ0) is 12.3. The van der Waals surface area contributed by atoms with Gasteiger partial charge in [0.1, 0.15) is 5.69 Å². The molecule has 4 heteroatoms. The number of carbonyl (C=O) groups excluding carboxylic acids is 1. The van der Waals surface area contributed by atoms with Gasteiger partial charge in [0.15, 0.2) is 0 Å². The zero-order valence-corrected chi connectivity index (χ0v) is 10.1. The third-order valence-corrected chi connectivity index (χ3v) is 3.47. The Balaban J connectivity index is 1.91. The highest BCUT2D eigenvalue weighted by Gasteiger charge is 2.24. The van der Waals surface area contributed by atoms with Crippen LogP contribution in [-0.4, -0.2) is 23.5 Å². The van der Waals surface area contributed by atoms with Crippen molar-refractivity contribution in [3.63, 3.8) is 0 Å². The number of aromatic nitrogens is 1. The molecule has 3 N–H and O–H groups in total. The molecule has 0 bridgehead atoms. The van der Waals surface area contributed by atoms with E-state index in [4.69, 9.17) is 5.73 Å². The van der Waals surface area contributed by atoms with Gasteiger partial charge in [0.25, 0.3) is 5.91 Å². The van der Waals surface area contributed by atoms with Crippen molar-refractivity contribution in [2.45, 2.75) is 32.2 Å². The molecule has 0 saturated heterocycles. The Labute approximate surface area is 102 Å². The highest BCUT2D eigenvalue weighted by Crippen LogP contribution is 2.23. The Morgan fingerprint density at radius 3 is 3.06 bits per heavy atom. The van der Waals surface area contributed by atoms with Crippen LogP contribution in [0.25, 0.3) is 0 Å². The number of rotatable bonds is 3. The topological polar surface area (TPSA) is 68.0 Å². The van der Waals surface area contributed by atoms with Crippen molar-refractivity contribution in [2.24, 2.45) is 11.7 Å². The maximum atomic E-state index is 11.9. The molecule has 0 radical (unpaired) electrons. The second-order valence-corrected chi connectivity index (χ2v) is 4.73. The van der Waals surface area contributed by atoms with E-state index < -0.39 is 0 Å². The van der Waals surface area contributed by atoms with Crippen LogP contribution in [0.15, 0.2) is 18.3 Å². The SMILES string of the molecule is Cc1cccnc1C(=O)NCC1CCCC1N. The van der Waals surface area contributed by atoms with Crippen molar-refractivity contribution in [2.75, 3.05) is 6.54 Å². The highest BCUT2D eigenvalue weighted by molar-refractivity contribution is 5.93. The summed E-state index contributed by atoms with van der Waals surface area (Å²) >= 11 is 0. The number of aryl methyl sites for hydroxylation is 1. The summed E-state index contributed by atoms with van der Waals surface area (Å²) in [5, 5.41) is 2.93. The molecular weight excluding hydrogens is 214 g/mol. The number of nitrogens with one attached hydrogen (secondary N) is 1. The van der Waals surface area contributed by atoms with E-state index in [-0.39, 0.29) is 11.9 Å². The third-order valence-electron chi connectivity index (χ3n) is 3.47. The molecule has 1 aromatic rings. The van der Waals surface area contributed by atoms with Gasteiger partial charge in [-0.1, -0.05) is 12.5 Å². The lowest BCUT2D eigenvalue weighted by atomic mass is 10.0. The Morgan fingerprint density at radius 1 is 1.59 bits per heavy atom. The molecule has 0 aromatic carbocycles. The lowest BCUT2D eigenvalue weighted by molar-refractivity contribution is 0.0941. The number of pyridine rings is 1. The molecule has 0 spiro atoms. The van der Waals surface area contributed by atoms with E-state index >= 15 is 0 Å². The van der Waals surface area contributed by atoms with E-state index in [1.54, 1.807) is 6.20 Å². The summed E-state index contributed by atoms with van der Waals surface area (Å²) in [7, 11) is 0. The van der Waals surface area contributed by atoms with Crippen molar-refractivity contribution in [3.05, 3.63) is 29.6 Å². The van der Waals surface area contributed by atoms with E-state index in [1.165, 1.54) is 6.42 Å². The summed E-state index contributed by atoms with van der Waals surface area (Å²) in [6.45, 7) is 2.55. The van der Waals surface area contributed by atoms with Crippen molar-refractivity contribution in [1.29, 1.82) is 0 Å². The first-order valence-electron chi connectivity index (χ1n) is 6.14. The van der Waals surface area contributed by atoms with Crippen LogP contribution in [0.2, 0.25) is 0 Å². The normalized spacial score (nSPS) is 23.6. The molecule has 1 aromatic heterocycles. The molecule has 0 aliphatic heterocycles. The summed E-state index contributed by atoms with van der Waals surface area (Å²) in [4.78, 5) is 16.0. The fraction of sp³-hybridized carbons (Fsp3) is 0.538. The van der Waals surface area contributed by atoms with E-state index in [9.17, 15) is 4.79 Å². The van der Waals surface area contributed by atoms with Crippen LogP contribution < -0.4 is 11.1 Å². The van der Waals surface area contributed by atoms with Gasteiger partial charge in [-0.15, -0.1) is 0 Å². The van der Waals surface area contributed by atoms with Gasteiger partial charge in [-0.05, 0) is 37.3 Å². The molecule has 2 atom stereocenters. The van der Waals surface area contributed by atoms with Crippen LogP contribution >= 0.6 is 0 Å². The van der Waals surface area contributed by atoms with Crippen molar-refractivity contribution in [3.8, 4) is 0 Å². The lowest BCUT2D eigenvalue weighted by Gasteiger charge is -2.16. The largest absolute Gasteiger partial charge is 0.350 e. The minimum atomic E-state index is -0.0952. The van der Waals surface area contributed by atoms with E-state index in [1.807, 2.05) is 19.1 Å². The summed E-state index contributed by atoms with van der Waals surface area (Å²) in [5.74, 6) is 0.324. The average Bonchev–Trinajstić information content (AvgIpc) is 2.72. The fourth-order valence-electron chi connectivity index (χ4n) is 2.35. The number of hydrogen-bond donors (Lipinski definition) is 2. The van der Waals surface area contributed by atoms with Crippen LogP contribution in [-0.2, 0) is 0 Å². The van der Waals surface area contributed by atoms with Gasteiger partial charge in [-0.25, -0.2) is 0 Å². The smallest absolute Gasteiger partial charge is 0.270 e. The summed E-state index contributed by atoms with van der Waals surface area (Å²) in [6.07, 6.45) is 5.00. The van der Waals surface area contributed by atoms with Gasteiger partial charge in [0.05, 0.1) is 0 Å². The van der Waals surface area contributed by atoms with E-state index in [0.29, 0.717) is 18.2 Å². The molecule has 92 valence electrons. The molecule has 2 unspecified atom stereocenters. The Hall–Kier alpha value is -1.42. The van der Waals surface area contributed by atoms with Crippen LogP contribution in [0, 0.1) is 12.8 Å². The monoisotopic (exact) mass is 233 g/mol. The van der Waals surface area contributed by atoms with Crippen molar-refractivity contribution >= 4 is 5.91 Å². The number of carbonyl (C=O) groups is 1. The Bertz CT molecular complexity index is 405. The van der Waals surface area contributed by atoms with Crippen molar-refractivity contribution < 1.29 is 4.79 Å². The first kappa shape index (κ1) is 12.0. The van der Waals surface area contributed by atoms with Crippen molar-refractivity contribution in [1.82, 2.24) is 10.3 Å². The zero-order valence-electron chi connectivity index (χ0n) is 10.1. The maximum absolute atomic E-state index is 11.9.